The largest absolute Gasteiger partial charge is 0.463 e. The summed E-state index contributed by atoms with van der Waals surface area (Å²) in [5.41, 5.74) is 0.849. The molecule has 1 saturated heterocycles. The Hall–Kier alpha value is -2.42. The van der Waals surface area contributed by atoms with Crippen LogP contribution in [-0.2, 0) is 21.3 Å². The van der Waals surface area contributed by atoms with Crippen molar-refractivity contribution in [1.29, 1.82) is 0 Å². The lowest BCUT2D eigenvalue weighted by molar-refractivity contribution is 0.0561. The molecule has 0 unspecified atom stereocenters. The zero-order valence-electron chi connectivity index (χ0n) is 15.8. The summed E-state index contributed by atoms with van der Waals surface area (Å²) in [4.78, 5) is 13.6. The van der Waals surface area contributed by atoms with Gasteiger partial charge in [-0.2, -0.15) is 4.31 Å². The fraction of sp³-hybridized carbons (Fsp3) is 0.350. The van der Waals surface area contributed by atoms with E-state index in [1.165, 1.54) is 16.8 Å². The molecule has 8 heteroatoms. The van der Waals surface area contributed by atoms with E-state index in [2.05, 4.69) is 9.64 Å². The molecule has 0 aliphatic carbocycles. The zero-order chi connectivity index (χ0) is 20.0. The number of ether oxygens (including phenoxy) is 1. The van der Waals surface area contributed by atoms with Crippen molar-refractivity contribution in [2.75, 3.05) is 33.3 Å². The molecular weight excluding hydrogens is 380 g/mol. The van der Waals surface area contributed by atoms with E-state index in [0.717, 1.165) is 18.5 Å². The standard InChI is InChI=1S/C20H24N2O5S/c1-26-20(23)19-9-8-18(27-19)16-21-11-5-12-22(14-13-21)28(24,25)15-10-17-6-3-2-4-7-17/h2-4,6-10,15H,5,11-14,16H2,1H3. The first-order chi connectivity index (χ1) is 13.5. The maximum Gasteiger partial charge on any atom is 0.373 e. The minimum atomic E-state index is -3.47. The van der Waals surface area contributed by atoms with Crippen molar-refractivity contribution in [3.8, 4) is 0 Å². The molecule has 3 rings (SSSR count). The van der Waals surface area contributed by atoms with E-state index < -0.39 is 16.0 Å². The van der Waals surface area contributed by atoms with Crippen LogP contribution in [0.3, 0.4) is 0 Å². The number of rotatable bonds is 6. The molecule has 1 fully saturated rings. The molecule has 0 amide bonds. The Morgan fingerprint density at radius 2 is 1.89 bits per heavy atom. The lowest BCUT2D eigenvalue weighted by atomic mass is 10.2. The van der Waals surface area contributed by atoms with E-state index in [1.807, 2.05) is 30.3 Å². The molecule has 0 N–H and O–H groups in total. The number of nitrogens with zero attached hydrogens (tertiary/aromatic N) is 2. The van der Waals surface area contributed by atoms with Crippen LogP contribution in [0.1, 0.15) is 28.3 Å². The average molecular weight is 404 g/mol. The maximum absolute atomic E-state index is 12.6. The van der Waals surface area contributed by atoms with Gasteiger partial charge in [-0.15, -0.1) is 0 Å². The van der Waals surface area contributed by atoms with Crippen LogP contribution in [0.2, 0.25) is 0 Å². The van der Waals surface area contributed by atoms with E-state index in [-0.39, 0.29) is 5.76 Å². The van der Waals surface area contributed by atoms with Gasteiger partial charge in [-0.25, -0.2) is 13.2 Å². The molecule has 28 heavy (non-hydrogen) atoms. The van der Waals surface area contributed by atoms with Gasteiger partial charge in [0.2, 0.25) is 15.8 Å². The second-order valence-electron chi connectivity index (χ2n) is 6.54. The Morgan fingerprint density at radius 1 is 1.11 bits per heavy atom. The number of hydrogen-bond donors (Lipinski definition) is 0. The van der Waals surface area contributed by atoms with Gasteiger partial charge in [0.15, 0.2) is 0 Å². The lowest BCUT2D eigenvalue weighted by Gasteiger charge is -2.19. The van der Waals surface area contributed by atoms with Crippen molar-refractivity contribution >= 4 is 22.1 Å². The molecule has 1 aromatic heterocycles. The Kier molecular flexibility index (Phi) is 6.66. The Bertz CT molecular complexity index is 921. The van der Waals surface area contributed by atoms with Crippen molar-refractivity contribution in [1.82, 2.24) is 9.21 Å². The van der Waals surface area contributed by atoms with Gasteiger partial charge in [-0.3, -0.25) is 4.90 Å². The normalized spacial score (nSPS) is 16.9. The van der Waals surface area contributed by atoms with Crippen LogP contribution in [0.15, 0.2) is 52.3 Å². The predicted molar refractivity (Wildman–Crippen MR) is 106 cm³/mol. The molecular formula is C20H24N2O5S. The van der Waals surface area contributed by atoms with E-state index in [1.54, 1.807) is 18.2 Å². The number of hydrogen-bond acceptors (Lipinski definition) is 6. The van der Waals surface area contributed by atoms with Crippen LogP contribution in [0.25, 0.3) is 6.08 Å². The summed E-state index contributed by atoms with van der Waals surface area (Å²) in [5.74, 6) is 0.313. The van der Waals surface area contributed by atoms with Crippen LogP contribution in [0.5, 0.6) is 0 Å². The van der Waals surface area contributed by atoms with Gasteiger partial charge in [0.1, 0.15) is 5.76 Å². The van der Waals surface area contributed by atoms with E-state index >= 15 is 0 Å². The van der Waals surface area contributed by atoms with E-state index in [0.29, 0.717) is 31.9 Å². The first-order valence-corrected chi connectivity index (χ1v) is 10.6. The predicted octanol–water partition coefficient (Wildman–Crippen LogP) is 2.57. The first-order valence-electron chi connectivity index (χ1n) is 9.10. The van der Waals surface area contributed by atoms with Gasteiger partial charge in [0.05, 0.1) is 13.7 Å². The highest BCUT2D eigenvalue weighted by Gasteiger charge is 2.24. The van der Waals surface area contributed by atoms with Crippen LogP contribution in [-0.4, -0.2) is 56.9 Å². The van der Waals surface area contributed by atoms with Crippen molar-refractivity contribution in [3.63, 3.8) is 0 Å². The molecule has 0 radical (unpaired) electrons. The van der Waals surface area contributed by atoms with Crippen LogP contribution >= 0.6 is 0 Å². The first kappa shape index (κ1) is 20.3. The van der Waals surface area contributed by atoms with Crippen LogP contribution < -0.4 is 0 Å². The molecule has 0 saturated carbocycles. The second kappa shape index (κ2) is 9.18. The number of benzene rings is 1. The van der Waals surface area contributed by atoms with Gasteiger partial charge >= 0.3 is 5.97 Å². The third-order valence-electron chi connectivity index (χ3n) is 4.57. The minimum Gasteiger partial charge on any atom is -0.463 e. The average Bonchev–Trinajstić information content (AvgIpc) is 3.03. The van der Waals surface area contributed by atoms with Gasteiger partial charge < -0.3 is 9.15 Å². The minimum absolute atomic E-state index is 0.169. The maximum atomic E-state index is 12.6. The van der Waals surface area contributed by atoms with Gasteiger partial charge in [0.25, 0.3) is 0 Å². The Balaban J connectivity index is 1.59. The SMILES string of the molecule is COC(=O)c1ccc(CN2CCCN(S(=O)(=O)C=Cc3ccccc3)CC2)o1. The molecule has 2 heterocycles. The van der Waals surface area contributed by atoms with Crippen LogP contribution in [0, 0.1) is 0 Å². The highest BCUT2D eigenvalue weighted by atomic mass is 32.2. The molecule has 1 aliphatic rings. The van der Waals surface area contributed by atoms with Crippen molar-refractivity contribution < 1.29 is 22.4 Å². The number of sulfonamides is 1. The summed E-state index contributed by atoms with van der Waals surface area (Å²) >= 11 is 0. The number of methoxy groups -OCH3 is 1. The topological polar surface area (TPSA) is 80.1 Å². The van der Waals surface area contributed by atoms with Crippen molar-refractivity contribution in [2.24, 2.45) is 0 Å². The molecule has 0 spiro atoms. The third-order valence-corrected chi connectivity index (χ3v) is 6.13. The molecule has 0 atom stereocenters. The highest BCUT2D eigenvalue weighted by Crippen LogP contribution is 2.16. The number of carbonyl (C=O) groups excluding carboxylic acids is 1. The molecule has 1 aromatic carbocycles. The molecule has 150 valence electrons. The lowest BCUT2D eigenvalue weighted by Crippen LogP contribution is -2.33. The summed E-state index contributed by atoms with van der Waals surface area (Å²) in [5, 5.41) is 1.27. The van der Waals surface area contributed by atoms with E-state index in [9.17, 15) is 13.2 Å². The number of furan rings is 1. The van der Waals surface area contributed by atoms with Gasteiger partial charge in [-0.1, -0.05) is 30.3 Å². The summed E-state index contributed by atoms with van der Waals surface area (Å²) in [6, 6.07) is 12.7. The van der Waals surface area contributed by atoms with Gasteiger partial charge in [0, 0.05) is 25.0 Å². The summed E-state index contributed by atoms with van der Waals surface area (Å²) in [6.45, 7) is 2.75. The number of carbonyl (C=O) groups is 1. The van der Waals surface area contributed by atoms with Crippen LogP contribution in [0.4, 0.5) is 0 Å². The number of esters is 1. The molecule has 2 aromatic rings. The Morgan fingerprint density at radius 3 is 2.64 bits per heavy atom. The summed E-state index contributed by atoms with van der Waals surface area (Å²) in [6.07, 6.45) is 2.35. The van der Waals surface area contributed by atoms with Crippen molar-refractivity contribution in [2.45, 2.75) is 13.0 Å². The fourth-order valence-corrected chi connectivity index (χ4v) is 4.29. The zero-order valence-corrected chi connectivity index (χ0v) is 16.6. The molecule has 1 aliphatic heterocycles. The van der Waals surface area contributed by atoms with E-state index in [4.69, 9.17) is 4.42 Å². The monoisotopic (exact) mass is 404 g/mol. The quantitative estimate of drug-likeness (QED) is 0.689. The summed E-state index contributed by atoms with van der Waals surface area (Å²) in [7, 11) is -2.16. The highest BCUT2D eigenvalue weighted by molar-refractivity contribution is 7.92. The fourth-order valence-electron chi connectivity index (χ4n) is 3.07. The molecule has 0 bridgehead atoms. The van der Waals surface area contributed by atoms with Gasteiger partial charge in [-0.05, 0) is 36.7 Å². The third kappa shape index (κ3) is 5.31. The summed E-state index contributed by atoms with van der Waals surface area (Å²) < 4.78 is 36.9. The molecule has 7 nitrogen and oxygen atoms in total. The Labute approximate surface area is 165 Å². The smallest absolute Gasteiger partial charge is 0.373 e. The van der Waals surface area contributed by atoms with Crippen molar-refractivity contribution in [3.05, 3.63) is 65.0 Å². The second-order valence-corrected chi connectivity index (χ2v) is 8.36.